The summed E-state index contributed by atoms with van der Waals surface area (Å²) in [7, 11) is -3.77. The molecule has 1 aromatic rings. The van der Waals surface area contributed by atoms with Gasteiger partial charge in [0, 0.05) is 0 Å². The lowest BCUT2D eigenvalue weighted by molar-refractivity contribution is -0.109. The van der Waals surface area contributed by atoms with Crippen LogP contribution in [0.3, 0.4) is 0 Å². The van der Waals surface area contributed by atoms with Gasteiger partial charge in [-0.25, -0.2) is 13.3 Å². The highest BCUT2D eigenvalue weighted by molar-refractivity contribution is 7.95. The van der Waals surface area contributed by atoms with Gasteiger partial charge in [0.25, 0.3) is 5.03 Å². The van der Waals surface area contributed by atoms with E-state index in [9.17, 15) is 8.42 Å². The van der Waals surface area contributed by atoms with Crippen LogP contribution in [0.2, 0.25) is 0 Å². The maximum Gasteiger partial charge on any atom is 0.282 e. The van der Waals surface area contributed by atoms with Crippen molar-refractivity contribution in [3.63, 3.8) is 0 Å². The van der Waals surface area contributed by atoms with Crippen LogP contribution in [0.4, 0.5) is 0 Å². The van der Waals surface area contributed by atoms with Crippen LogP contribution in [-0.2, 0) is 9.84 Å². The van der Waals surface area contributed by atoms with E-state index in [1.807, 2.05) is 19.1 Å². The van der Waals surface area contributed by atoms with Crippen molar-refractivity contribution in [1.82, 2.24) is 0 Å². The molecule has 8 atom stereocenters. The van der Waals surface area contributed by atoms with E-state index >= 15 is 0 Å². The summed E-state index contributed by atoms with van der Waals surface area (Å²) in [4.78, 5) is 3.93. The van der Waals surface area contributed by atoms with Gasteiger partial charge in [0.05, 0.1) is 11.5 Å². The number of fused-ring (bicyclic) bond motifs is 5. The fourth-order valence-electron chi connectivity index (χ4n) is 10.5. The molecule has 0 radical (unpaired) electrons. The second-order valence-corrected chi connectivity index (χ2v) is 17.1. The maximum absolute atomic E-state index is 13.5. The van der Waals surface area contributed by atoms with Crippen LogP contribution < -0.4 is 0 Å². The number of allylic oxidation sites excluding steroid dienone is 1. The minimum Gasteiger partial charge on any atom is -0.230 e. The zero-order chi connectivity index (χ0) is 28.9. The van der Waals surface area contributed by atoms with Crippen LogP contribution in [-0.4, -0.2) is 8.42 Å². The molecule has 4 heteroatoms. The lowest BCUT2D eigenvalue weighted by Crippen LogP contribution is -2.53. The van der Waals surface area contributed by atoms with Gasteiger partial charge in [-0.3, -0.25) is 0 Å². The van der Waals surface area contributed by atoms with E-state index in [-0.39, 0.29) is 15.3 Å². The number of hydrogen-bond donors (Lipinski definition) is 0. The summed E-state index contributed by atoms with van der Waals surface area (Å²) < 4.78 is 27.0. The van der Waals surface area contributed by atoms with Gasteiger partial charge >= 0.3 is 0 Å². The van der Waals surface area contributed by atoms with E-state index in [4.69, 9.17) is 6.57 Å². The lowest BCUT2D eigenvalue weighted by Gasteiger charge is -2.61. The molecule has 0 heterocycles. The van der Waals surface area contributed by atoms with Gasteiger partial charge in [-0.05, 0) is 129 Å². The number of hydrogen-bond acceptors (Lipinski definition) is 2. The molecule has 4 unspecified atom stereocenters. The first-order chi connectivity index (χ1) is 18.9. The fourth-order valence-corrected chi connectivity index (χ4v) is 11.9. The first-order valence-electron chi connectivity index (χ1n) is 16.3. The molecule has 0 bridgehead atoms. The molecule has 4 aliphatic rings. The molecule has 3 nitrogen and oxygen atoms in total. The van der Waals surface area contributed by atoms with Crippen molar-refractivity contribution < 1.29 is 8.42 Å². The Hall–Kier alpha value is -1.60. The SMILES string of the molecule is [C-]#[N+]C(=C1CC[C@@]2(C)C(CCC3C2CC[C@@]2(C)C3CC[C@@H]2[C@H](C)CCCC(C)C)C1)S(=O)(=O)c1ccc(C)cc1. The average molecular weight is 564 g/mol. The minimum atomic E-state index is -3.77. The molecule has 0 spiro atoms. The number of benzene rings is 1. The van der Waals surface area contributed by atoms with Gasteiger partial charge in [-0.15, -0.1) is 0 Å². The van der Waals surface area contributed by atoms with Gasteiger partial charge in [-0.1, -0.05) is 77.2 Å². The summed E-state index contributed by atoms with van der Waals surface area (Å²) in [6.07, 6.45) is 14.8. The third-order valence-corrected chi connectivity index (χ3v) is 14.5. The third-order valence-electron chi connectivity index (χ3n) is 12.7. The van der Waals surface area contributed by atoms with Crippen LogP contribution in [0.25, 0.3) is 4.85 Å². The van der Waals surface area contributed by atoms with Crippen molar-refractivity contribution in [3.8, 4) is 0 Å². The molecule has 0 amide bonds. The number of aryl methyl sites for hydroxylation is 1. The van der Waals surface area contributed by atoms with Crippen molar-refractivity contribution in [2.75, 3.05) is 0 Å². The van der Waals surface area contributed by atoms with Gasteiger partial charge in [0.1, 0.15) is 0 Å². The molecule has 0 saturated heterocycles. The molecule has 40 heavy (non-hydrogen) atoms. The van der Waals surface area contributed by atoms with E-state index in [1.165, 1.54) is 57.8 Å². The average Bonchev–Trinajstić information content (AvgIpc) is 3.26. The summed E-state index contributed by atoms with van der Waals surface area (Å²) in [5.74, 6) is 5.47. The molecule has 1 aromatic carbocycles. The predicted octanol–water partition coefficient (Wildman–Crippen LogP) is 10.0. The normalized spacial score (nSPS) is 37.7. The first-order valence-corrected chi connectivity index (χ1v) is 17.8. The molecule has 0 aliphatic heterocycles. The summed E-state index contributed by atoms with van der Waals surface area (Å²) >= 11 is 0. The molecular formula is C36H53NO2S. The summed E-state index contributed by atoms with van der Waals surface area (Å²) in [5.41, 5.74) is 2.70. The second kappa shape index (κ2) is 11.2. The lowest BCUT2D eigenvalue weighted by atomic mass is 9.44. The molecular weight excluding hydrogens is 510 g/mol. The van der Waals surface area contributed by atoms with E-state index in [0.29, 0.717) is 11.3 Å². The molecule has 5 rings (SSSR count). The van der Waals surface area contributed by atoms with Crippen molar-refractivity contribution in [3.05, 3.63) is 51.8 Å². The zero-order valence-corrected chi connectivity index (χ0v) is 26.8. The van der Waals surface area contributed by atoms with Crippen molar-refractivity contribution in [2.24, 2.45) is 52.3 Å². The highest BCUT2D eigenvalue weighted by Gasteiger charge is 2.60. The van der Waals surface area contributed by atoms with Crippen LogP contribution in [0.15, 0.2) is 39.8 Å². The highest BCUT2D eigenvalue weighted by atomic mass is 32.2. The van der Waals surface area contributed by atoms with Crippen LogP contribution in [0.1, 0.15) is 117 Å². The van der Waals surface area contributed by atoms with E-state index < -0.39 is 9.84 Å². The van der Waals surface area contributed by atoms with Gasteiger partial charge in [-0.2, -0.15) is 0 Å². The Bertz CT molecular complexity index is 1250. The van der Waals surface area contributed by atoms with Gasteiger partial charge < -0.3 is 0 Å². The van der Waals surface area contributed by atoms with Crippen LogP contribution in [0.5, 0.6) is 0 Å². The van der Waals surface area contributed by atoms with Crippen molar-refractivity contribution in [1.29, 1.82) is 0 Å². The number of nitrogens with zero attached hydrogens (tertiary/aromatic N) is 1. The third kappa shape index (κ3) is 5.12. The van der Waals surface area contributed by atoms with Crippen LogP contribution in [0, 0.1) is 65.8 Å². The van der Waals surface area contributed by atoms with Gasteiger partial charge in [0.2, 0.25) is 9.84 Å². The molecule has 220 valence electrons. The number of rotatable bonds is 7. The Morgan fingerprint density at radius 2 is 1.65 bits per heavy atom. The quantitative estimate of drug-likeness (QED) is 0.310. The Balaban J connectivity index is 1.33. The zero-order valence-electron chi connectivity index (χ0n) is 26.0. The summed E-state index contributed by atoms with van der Waals surface area (Å²) in [6, 6.07) is 6.98. The largest absolute Gasteiger partial charge is 0.282 e. The standard InChI is InChI=1S/C36H53NO2S/c1-24(2)9-8-10-26(4)31-17-18-32-30-16-13-28-23-27(19-21-35(28,5)33(30)20-22-36(31,32)6)34(37-7)40(38,39)29-14-11-25(3)12-15-29/h11-12,14-15,24,26,28,30-33H,8-10,13,16-23H2,1-6H3/t26-,28?,30?,31-,32?,33?,35+,36-/m1/s1. The Labute approximate surface area is 245 Å². The topological polar surface area (TPSA) is 38.5 Å². The predicted molar refractivity (Wildman–Crippen MR) is 165 cm³/mol. The molecule has 4 saturated carbocycles. The summed E-state index contributed by atoms with van der Waals surface area (Å²) in [5, 5.41) is 0.0156. The van der Waals surface area contributed by atoms with E-state index in [1.54, 1.807) is 12.1 Å². The smallest absolute Gasteiger partial charge is 0.230 e. The summed E-state index contributed by atoms with van der Waals surface area (Å²) in [6.45, 7) is 22.3. The first kappa shape index (κ1) is 29.9. The second-order valence-electron chi connectivity index (χ2n) is 15.2. The molecule has 4 fully saturated rings. The molecule has 4 aliphatic carbocycles. The minimum absolute atomic E-state index is 0.0156. The Kier molecular flexibility index (Phi) is 8.40. The fraction of sp³-hybridized carbons (Fsp3) is 0.750. The highest BCUT2D eigenvalue weighted by Crippen LogP contribution is 2.68. The van der Waals surface area contributed by atoms with Gasteiger partial charge in [0.15, 0.2) is 0 Å². The van der Waals surface area contributed by atoms with Crippen molar-refractivity contribution in [2.45, 2.75) is 123 Å². The van der Waals surface area contributed by atoms with E-state index in [0.717, 1.165) is 65.9 Å². The number of sulfone groups is 1. The van der Waals surface area contributed by atoms with Crippen molar-refractivity contribution >= 4 is 9.84 Å². The monoisotopic (exact) mass is 563 g/mol. The maximum atomic E-state index is 13.5. The van der Waals surface area contributed by atoms with Crippen LogP contribution >= 0.6 is 0 Å². The Morgan fingerprint density at radius 3 is 2.33 bits per heavy atom. The Morgan fingerprint density at radius 1 is 0.950 bits per heavy atom. The molecule has 0 N–H and O–H groups in total. The molecule has 0 aromatic heterocycles. The van der Waals surface area contributed by atoms with E-state index in [2.05, 4.69) is 39.5 Å².